The van der Waals surface area contributed by atoms with E-state index >= 15 is 0 Å². The molecule has 0 aliphatic carbocycles. The highest BCUT2D eigenvalue weighted by atomic mass is 79.9. The molecule has 19 heavy (non-hydrogen) atoms. The monoisotopic (exact) mass is 347 g/mol. The van der Waals surface area contributed by atoms with Crippen LogP contribution in [0.3, 0.4) is 0 Å². The summed E-state index contributed by atoms with van der Waals surface area (Å²) in [6.45, 7) is 6.72. The molecule has 1 amide bonds. The van der Waals surface area contributed by atoms with Gasteiger partial charge in [-0.25, -0.2) is 14.8 Å². The van der Waals surface area contributed by atoms with E-state index in [-0.39, 0.29) is 17.3 Å². The zero-order valence-corrected chi connectivity index (χ0v) is 13.3. The topological polar surface area (TPSA) is 55.3 Å². The number of aromatic nitrogens is 2. The van der Waals surface area contributed by atoms with E-state index in [9.17, 15) is 4.79 Å². The molecule has 2 rings (SSSR count). The lowest BCUT2D eigenvalue weighted by molar-refractivity contribution is 0.00781. The molecule has 1 fully saturated rings. The van der Waals surface area contributed by atoms with E-state index < -0.39 is 5.60 Å². The molecule has 104 valence electrons. The first kappa shape index (κ1) is 14.5. The molecule has 0 saturated carbocycles. The van der Waals surface area contributed by atoms with Crippen LogP contribution in [0.1, 0.15) is 32.4 Å². The Kier molecular flexibility index (Phi) is 4.01. The van der Waals surface area contributed by atoms with Crippen molar-refractivity contribution in [2.45, 2.75) is 32.3 Å². The van der Waals surface area contributed by atoms with Gasteiger partial charge >= 0.3 is 6.09 Å². The molecule has 1 aromatic heterocycles. The highest BCUT2D eigenvalue weighted by Crippen LogP contribution is 2.31. The van der Waals surface area contributed by atoms with Crippen molar-refractivity contribution >= 4 is 33.6 Å². The number of carbonyl (C=O) groups excluding carboxylic acids is 1. The van der Waals surface area contributed by atoms with Gasteiger partial charge in [-0.1, -0.05) is 0 Å². The Hall–Kier alpha value is -0.880. The standard InChI is InChI=1S/C12H15BrClN3O2/c1-12(2,3)19-11(18)17-5-7(6-17)9-8(13)4-15-10(14)16-9/h4,7H,5-6H2,1-3H3. The Bertz CT molecular complexity index is 498. The van der Waals surface area contributed by atoms with Crippen molar-refractivity contribution in [1.82, 2.24) is 14.9 Å². The van der Waals surface area contributed by atoms with Crippen LogP contribution in [0.2, 0.25) is 5.28 Å². The Morgan fingerprint density at radius 3 is 2.74 bits per heavy atom. The van der Waals surface area contributed by atoms with E-state index in [0.29, 0.717) is 13.1 Å². The third kappa shape index (κ3) is 3.57. The first-order chi connectivity index (χ1) is 8.76. The summed E-state index contributed by atoms with van der Waals surface area (Å²) in [6.07, 6.45) is 1.33. The van der Waals surface area contributed by atoms with Crippen LogP contribution in [0.25, 0.3) is 0 Å². The van der Waals surface area contributed by atoms with Gasteiger partial charge in [0.2, 0.25) is 5.28 Å². The summed E-state index contributed by atoms with van der Waals surface area (Å²) < 4.78 is 6.11. The average molecular weight is 349 g/mol. The maximum atomic E-state index is 11.8. The fourth-order valence-electron chi connectivity index (χ4n) is 1.77. The minimum absolute atomic E-state index is 0.169. The van der Waals surface area contributed by atoms with Crippen LogP contribution in [-0.4, -0.2) is 39.7 Å². The fourth-order valence-corrected chi connectivity index (χ4v) is 2.43. The number of halogens is 2. The quantitative estimate of drug-likeness (QED) is 0.731. The molecular formula is C12H15BrClN3O2. The predicted molar refractivity (Wildman–Crippen MR) is 75.3 cm³/mol. The highest BCUT2D eigenvalue weighted by molar-refractivity contribution is 9.10. The van der Waals surface area contributed by atoms with E-state index in [1.807, 2.05) is 20.8 Å². The van der Waals surface area contributed by atoms with Gasteiger partial charge in [-0.05, 0) is 48.3 Å². The Balaban J connectivity index is 1.96. The van der Waals surface area contributed by atoms with E-state index in [1.54, 1.807) is 11.1 Å². The predicted octanol–water partition coefficient (Wildman–Crippen LogP) is 3.23. The molecule has 0 atom stereocenters. The summed E-state index contributed by atoms with van der Waals surface area (Å²) >= 11 is 9.17. The molecule has 5 nitrogen and oxygen atoms in total. The lowest BCUT2D eigenvalue weighted by Gasteiger charge is -2.39. The van der Waals surface area contributed by atoms with Gasteiger partial charge in [0.15, 0.2) is 0 Å². The van der Waals surface area contributed by atoms with Gasteiger partial charge < -0.3 is 9.64 Å². The molecule has 0 unspecified atom stereocenters. The fraction of sp³-hybridized carbons (Fsp3) is 0.583. The van der Waals surface area contributed by atoms with Gasteiger partial charge in [-0.3, -0.25) is 0 Å². The van der Waals surface area contributed by atoms with Crippen LogP contribution in [0.5, 0.6) is 0 Å². The average Bonchev–Trinajstić information content (AvgIpc) is 2.18. The summed E-state index contributed by atoms with van der Waals surface area (Å²) in [4.78, 5) is 21.5. The maximum absolute atomic E-state index is 11.8. The SMILES string of the molecule is CC(C)(C)OC(=O)N1CC(c2nc(Cl)ncc2Br)C1. The zero-order valence-electron chi connectivity index (χ0n) is 11.0. The third-order valence-corrected chi connectivity index (χ3v) is 3.45. The number of rotatable bonds is 1. The van der Waals surface area contributed by atoms with Crippen molar-refractivity contribution in [3.8, 4) is 0 Å². The molecule has 7 heteroatoms. The lowest BCUT2D eigenvalue weighted by Crippen LogP contribution is -2.50. The van der Waals surface area contributed by atoms with Gasteiger partial charge in [0, 0.05) is 25.2 Å². The molecule has 1 aliphatic heterocycles. The minimum Gasteiger partial charge on any atom is -0.444 e. The molecule has 1 saturated heterocycles. The lowest BCUT2D eigenvalue weighted by atomic mass is 9.97. The summed E-state index contributed by atoms with van der Waals surface area (Å²) in [5.74, 6) is 0.169. The molecule has 0 N–H and O–H groups in total. The Morgan fingerprint density at radius 2 is 2.16 bits per heavy atom. The summed E-state index contributed by atoms with van der Waals surface area (Å²) in [5, 5.41) is 0.217. The molecule has 0 bridgehead atoms. The number of amides is 1. The van der Waals surface area contributed by atoms with Crippen molar-refractivity contribution in [2.75, 3.05) is 13.1 Å². The van der Waals surface area contributed by atoms with E-state index in [2.05, 4.69) is 25.9 Å². The molecule has 1 aromatic rings. The van der Waals surface area contributed by atoms with Gasteiger partial charge in [-0.2, -0.15) is 0 Å². The Morgan fingerprint density at radius 1 is 1.53 bits per heavy atom. The van der Waals surface area contributed by atoms with Gasteiger partial charge in [0.05, 0.1) is 10.2 Å². The molecule has 2 heterocycles. The van der Waals surface area contributed by atoms with Crippen molar-refractivity contribution < 1.29 is 9.53 Å². The first-order valence-electron chi connectivity index (χ1n) is 5.92. The third-order valence-electron chi connectivity index (χ3n) is 2.66. The van der Waals surface area contributed by atoms with Crippen molar-refractivity contribution in [3.63, 3.8) is 0 Å². The zero-order chi connectivity index (χ0) is 14.2. The van der Waals surface area contributed by atoms with Crippen LogP contribution < -0.4 is 0 Å². The number of likely N-dealkylation sites (tertiary alicyclic amines) is 1. The van der Waals surface area contributed by atoms with Gasteiger partial charge in [0.1, 0.15) is 5.60 Å². The van der Waals surface area contributed by atoms with E-state index in [0.717, 1.165) is 10.2 Å². The minimum atomic E-state index is -0.471. The van der Waals surface area contributed by atoms with Crippen molar-refractivity contribution in [1.29, 1.82) is 0 Å². The van der Waals surface area contributed by atoms with Crippen LogP contribution in [-0.2, 0) is 4.74 Å². The maximum Gasteiger partial charge on any atom is 0.410 e. The summed E-state index contributed by atoms with van der Waals surface area (Å²) in [6, 6.07) is 0. The number of carbonyl (C=O) groups is 1. The van der Waals surface area contributed by atoms with Crippen LogP contribution >= 0.6 is 27.5 Å². The van der Waals surface area contributed by atoms with Crippen LogP contribution in [0, 0.1) is 0 Å². The van der Waals surface area contributed by atoms with Crippen molar-refractivity contribution in [2.24, 2.45) is 0 Å². The number of hydrogen-bond acceptors (Lipinski definition) is 4. The normalized spacial score (nSPS) is 16.2. The second-order valence-electron chi connectivity index (χ2n) is 5.45. The molecule has 0 aromatic carbocycles. The first-order valence-corrected chi connectivity index (χ1v) is 7.09. The van der Waals surface area contributed by atoms with E-state index in [4.69, 9.17) is 16.3 Å². The number of ether oxygens (including phenoxy) is 1. The molecule has 0 spiro atoms. The molecular weight excluding hydrogens is 334 g/mol. The molecule has 0 radical (unpaired) electrons. The van der Waals surface area contributed by atoms with Crippen molar-refractivity contribution in [3.05, 3.63) is 21.6 Å². The summed E-state index contributed by atoms with van der Waals surface area (Å²) in [7, 11) is 0. The second-order valence-corrected chi connectivity index (χ2v) is 6.65. The van der Waals surface area contributed by atoms with E-state index in [1.165, 1.54) is 0 Å². The molecule has 1 aliphatic rings. The summed E-state index contributed by atoms with van der Waals surface area (Å²) in [5.41, 5.74) is 0.362. The van der Waals surface area contributed by atoms with Gasteiger partial charge in [-0.15, -0.1) is 0 Å². The second kappa shape index (κ2) is 5.25. The Labute approximate surface area is 125 Å². The smallest absolute Gasteiger partial charge is 0.410 e. The largest absolute Gasteiger partial charge is 0.444 e. The number of nitrogens with zero attached hydrogens (tertiary/aromatic N) is 3. The van der Waals surface area contributed by atoms with Crippen LogP contribution in [0.15, 0.2) is 10.7 Å². The highest BCUT2D eigenvalue weighted by Gasteiger charge is 2.36. The van der Waals surface area contributed by atoms with Gasteiger partial charge in [0.25, 0.3) is 0 Å². The van der Waals surface area contributed by atoms with Crippen LogP contribution in [0.4, 0.5) is 4.79 Å². The number of hydrogen-bond donors (Lipinski definition) is 0.